The highest BCUT2D eigenvalue weighted by atomic mass is 16.5. The fourth-order valence-corrected chi connectivity index (χ4v) is 4.22. The fourth-order valence-electron chi connectivity index (χ4n) is 4.22. The Balaban J connectivity index is 1.37. The summed E-state index contributed by atoms with van der Waals surface area (Å²) in [6, 6.07) is 11.0. The Bertz CT molecular complexity index is 917. The van der Waals surface area contributed by atoms with Crippen LogP contribution in [0, 0.1) is 5.92 Å². The van der Waals surface area contributed by atoms with Crippen LogP contribution in [0.2, 0.25) is 0 Å². The minimum atomic E-state index is -0.498. The Morgan fingerprint density at radius 3 is 2.58 bits per heavy atom. The second-order valence-corrected chi connectivity index (χ2v) is 8.71. The second kappa shape index (κ2) is 9.66. The summed E-state index contributed by atoms with van der Waals surface area (Å²) in [5.74, 6) is 1.69. The lowest BCUT2D eigenvalue weighted by Crippen LogP contribution is -2.47. The van der Waals surface area contributed by atoms with Crippen LogP contribution in [0.15, 0.2) is 40.8 Å². The number of benzene rings is 1. The molecule has 1 aromatic carbocycles. The van der Waals surface area contributed by atoms with Crippen LogP contribution in [0.25, 0.3) is 0 Å². The van der Waals surface area contributed by atoms with Crippen LogP contribution < -0.4 is 5.32 Å². The molecule has 0 unspecified atom stereocenters. The molecule has 2 aliphatic rings. The van der Waals surface area contributed by atoms with E-state index < -0.39 is 6.04 Å². The first kappa shape index (κ1) is 21.6. The van der Waals surface area contributed by atoms with Crippen molar-refractivity contribution in [3.63, 3.8) is 0 Å². The van der Waals surface area contributed by atoms with Crippen molar-refractivity contribution < 1.29 is 18.7 Å². The normalized spacial score (nSPS) is 17.8. The highest BCUT2D eigenvalue weighted by Crippen LogP contribution is 2.27. The van der Waals surface area contributed by atoms with Gasteiger partial charge < -0.3 is 19.4 Å². The molecule has 4 rings (SSSR count). The lowest BCUT2D eigenvalue weighted by molar-refractivity contribution is -0.126. The average molecular weight is 426 g/mol. The monoisotopic (exact) mass is 425 g/mol. The summed E-state index contributed by atoms with van der Waals surface area (Å²) >= 11 is 0. The molecule has 0 saturated carbocycles. The third-order valence-corrected chi connectivity index (χ3v) is 5.86. The Morgan fingerprint density at radius 1 is 1.10 bits per heavy atom. The Labute approximate surface area is 183 Å². The molecule has 0 aliphatic carbocycles. The number of carbonyl (C=O) groups excluding carboxylic acids is 2. The van der Waals surface area contributed by atoms with Gasteiger partial charge in [0, 0.05) is 25.2 Å². The van der Waals surface area contributed by atoms with Gasteiger partial charge in [-0.25, -0.2) is 0 Å². The van der Waals surface area contributed by atoms with Crippen molar-refractivity contribution in [3.8, 4) is 0 Å². The highest BCUT2D eigenvalue weighted by Gasteiger charge is 2.36. The maximum Gasteiger partial charge on any atom is 0.255 e. The van der Waals surface area contributed by atoms with Crippen molar-refractivity contribution in [3.05, 3.63) is 59.0 Å². The summed E-state index contributed by atoms with van der Waals surface area (Å²) in [6.45, 7) is 8.96. The molecule has 1 fully saturated rings. The molecular weight excluding hydrogens is 394 g/mol. The van der Waals surface area contributed by atoms with Crippen molar-refractivity contribution in [1.82, 2.24) is 15.1 Å². The molecule has 1 atom stereocenters. The van der Waals surface area contributed by atoms with Gasteiger partial charge in [0.05, 0.1) is 26.3 Å². The Kier molecular flexibility index (Phi) is 6.73. The number of morpholine rings is 1. The van der Waals surface area contributed by atoms with Crippen LogP contribution in [-0.4, -0.2) is 54.0 Å². The van der Waals surface area contributed by atoms with Gasteiger partial charge in [-0.3, -0.25) is 14.5 Å². The van der Waals surface area contributed by atoms with Gasteiger partial charge in [-0.05, 0) is 36.1 Å². The first-order valence-corrected chi connectivity index (χ1v) is 11.1. The van der Waals surface area contributed by atoms with Crippen molar-refractivity contribution >= 4 is 11.8 Å². The maximum absolute atomic E-state index is 13.1. The van der Waals surface area contributed by atoms with Crippen LogP contribution in [0.5, 0.6) is 0 Å². The molecule has 0 radical (unpaired) electrons. The number of hydrogen-bond donors (Lipinski definition) is 1. The molecule has 7 heteroatoms. The fraction of sp³-hybridized carbons (Fsp3) is 0.500. The van der Waals surface area contributed by atoms with Crippen molar-refractivity contribution in [1.29, 1.82) is 0 Å². The van der Waals surface area contributed by atoms with Crippen molar-refractivity contribution in [2.75, 3.05) is 26.3 Å². The summed E-state index contributed by atoms with van der Waals surface area (Å²) in [5.41, 5.74) is 1.68. The zero-order valence-corrected chi connectivity index (χ0v) is 18.3. The number of hydrogen-bond acceptors (Lipinski definition) is 5. The minimum Gasteiger partial charge on any atom is -0.463 e. The molecule has 0 bridgehead atoms. The average Bonchev–Trinajstić information content (AvgIpc) is 3.35. The minimum absolute atomic E-state index is 0.0674. The molecule has 1 aromatic heterocycles. The molecule has 1 N–H and O–H groups in total. The second-order valence-electron chi connectivity index (χ2n) is 8.71. The summed E-state index contributed by atoms with van der Waals surface area (Å²) in [5, 5.41) is 2.99. The summed E-state index contributed by atoms with van der Waals surface area (Å²) in [7, 11) is 0. The SMILES string of the molecule is CC(C)C[C@@H](C(=O)NCc1ccc(CN2CCOCC2)o1)N1Cc2ccccc2C1=O. The number of fused-ring (bicyclic) bond motifs is 1. The molecule has 166 valence electrons. The molecule has 3 heterocycles. The molecule has 2 aliphatic heterocycles. The van der Waals surface area contributed by atoms with Crippen LogP contribution in [-0.2, 0) is 29.2 Å². The largest absolute Gasteiger partial charge is 0.463 e. The smallest absolute Gasteiger partial charge is 0.255 e. The predicted molar refractivity (Wildman–Crippen MR) is 116 cm³/mol. The number of ether oxygens (including phenoxy) is 1. The third-order valence-electron chi connectivity index (χ3n) is 5.86. The lowest BCUT2D eigenvalue weighted by Gasteiger charge is -2.28. The summed E-state index contributed by atoms with van der Waals surface area (Å²) in [4.78, 5) is 30.0. The number of amides is 2. The zero-order chi connectivity index (χ0) is 21.8. The maximum atomic E-state index is 13.1. The Hall–Kier alpha value is -2.64. The van der Waals surface area contributed by atoms with Gasteiger partial charge in [0.15, 0.2) is 0 Å². The van der Waals surface area contributed by atoms with E-state index >= 15 is 0 Å². The molecular formula is C24H31N3O4. The summed E-state index contributed by atoms with van der Waals surface area (Å²) < 4.78 is 11.3. The van der Waals surface area contributed by atoms with E-state index in [1.807, 2.05) is 36.4 Å². The first-order chi connectivity index (χ1) is 15.0. The van der Waals surface area contributed by atoms with Crippen molar-refractivity contribution in [2.24, 2.45) is 5.92 Å². The van der Waals surface area contributed by atoms with Crippen LogP contribution in [0.1, 0.15) is 47.7 Å². The van der Waals surface area contributed by atoms with Gasteiger partial charge in [0.1, 0.15) is 17.6 Å². The highest BCUT2D eigenvalue weighted by molar-refractivity contribution is 6.01. The molecule has 2 aromatic rings. The van der Waals surface area contributed by atoms with Crippen LogP contribution in [0.3, 0.4) is 0 Å². The molecule has 1 saturated heterocycles. The van der Waals surface area contributed by atoms with E-state index in [0.717, 1.165) is 49.9 Å². The van der Waals surface area contributed by atoms with E-state index in [9.17, 15) is 9.59 Å². The van der Waals surface area contributed by atoms with Crippen LogP contribution in [0.4, 0.5) is 0 Å². The van der Waals surface area contributed by atoms with E-state index in [0.29, 0.717) is 25.1 Å². The van der Waals surface area contributed by atoms with E-state index in [4.69, 9.17) is 9.15 Å². The summed E-state index contributed by atoms with van der Waals surface area (Å²) in [6.07, 6.45) is 0.617. The standard InChI is InChI=1S/C24H31N3O4/c1-17(2)13-22(27-15-18-5-3-4-6-21(18)24(27)29)23(28)25-14-19-7-8-20(31-19)16-26-9-11-30-12-10-26/h3-8,17,22H,9-16H2,1-2H3,(H,25,28)/t22-/m0/s1. The third kappa shape index (κ3) is 5.17. The van der Waals surface area contributed by atoms with Gasteiger partial charge in [0.2, 0.25) is 5.91 Å². The number of nitrogens with one attached hydrogen (secondary N) is 1. The van der Waals surface area contributed by atoms with E-state index in [1.165, 1.54) is 0 Å². The molecule has 31 heavy (non-hydrogen) atoms. The van der Waals surface area contributed by atoms with E-state index in [-0.39, 0.29) is 17.7 Å². The van der Waals surface area contributed by atoms with E-state index in [1.54, 1.807) is 4.90 Å². The van der Waals surface area contributed by atoms with Gasteiger partial charge in [-0.1, -0.05) is 32.0 Å². The zero-order valence-electron chi connectivity index (χ0n) is 18.3. The first-order valence-electron chi connectivity index (χ1n) is 11.1. The van der Waals surface area contributed by atoms with Gasteiger partial charge >= 0.3 is 0 Å². The van der Waals surface area contributed by atoms with Crippen molar-refractivity contribution in [2.45, 2.75) is 45.9 Å². The van der Waals surface area contributed by atoms with Gasteiger partial charge in [-0.15, -0.1) is 0 Å². The number of furan rings is 1. The lowest BCUT2D eigenvalue weighted by atomic mass is 10.0. The Morgan fingerprint density at radius 2 is 1.84 bits per heavy atom. The number of carbonyl (C=O) groups is 2. The quantitative estimate of drug-likeness (QED) is 0.704. The molecule has 7 nitrogen and oxygen atoms in total. The number of rotatable bonds is 8. The number of nitrogens with zero attached hydrogens (tertiary/aromatic N) is 2. The topological polar surface area (TPSA) is 75.0 Å². The molecule has 0 spiro atoms. The van der Waals surface area contributed by atoms with Gasteiger partial charge in [-0.2, -0.15) is 0 Å². The van der Waals surface area contributed by atoms with Gasteiger partial charge in [0.25, 0.3) is 5.91 Å². The van der Waals surface area contributed by atoms with Crippen LogP contribution >= 0.6 is 0 Å². The molecule has 2 amide bonds. The predicted octanol–water partition coefficient (Wildman–Crippen LogP) is 2.80. The van der Waals surface area contributed by atoms with E-state index in [2.05, 4.69) is 24.1 Å².